The number of anilines is 1. The van der Waals surface area contributed by atoms with E-state index in [1.807, 2.05) is 31.2 Å². The molecule has 0 saturated heterocycles. The summed E-state index contributed by atoms with van der Waals surface area (Å²) in [6, 6.07) is 13.9. The van der Waals surface area contributed by atoms with Gasteiger partial charge in [-0.05, 0) is 42.8 Å². The first-order valence-corrected chi connectivity index (χ1v) is 8.80. The minimum absolute atomic E-state index is 0.131. The molecule has 0 aliphatic rings. The van der Waals surface area contributed by atoms with E-state index >= 15 is 0 Å². The van der Waals surface area contributed by atoms with Crippen LogP contribution in [0.4, 0.5) is 5.69 Å². The second-order valence-electron chi connectivity index (χ2n) is 5.33. The largest absolute Gasteiger partial charge is 0.465 e. The lowest BCUT2D eigenvalue weighted by atomic mass is 10.2. The van der Waals surface area contributed by atoms with Gasteiger partial charge in [0.1, 0.15) is 0 Å². The van der Waals surface area contributed by atoms with Crippen LogP contribution in [0.2, 0.25) is 0 Å². The second kappa shape index (κ2) is 9.62. The molecule has 6 nitrogen and oxygen atoms in total. The van der Waals surface area contributed by atoms with E-state index in [0.717, 1.165) is 10.5 Å². The molecule has 0 aliphatic heterocycles. The number of hydrogen-bond acceptors (Lipinski definition) is 6. The number of thioether (sulfide) groups is 1. The van der Waals surface area contributed by atoms with Crippen molar-refractivity contribution in [3.63, 3.8) is 0 Å². The smallest absolute Gasteiger partial charge is 0.337 e. The van der Waals surface area contributed by atoms with Crippen LogP contribution < -0.4 is 5.32 Å². The topological polar surface area (TPSA) is 81.7 Å². The van der Waals surface area contributed by atoms with E-state index < -0.39 is 17.8 Å². The van der Waals surface area contributed by atoms with Crippen molar-refractivity contribution in [3.05, 3.63) is 59.7 Å². The van der Waals surface area contributed by atoms with Gasteiger partial charge in [0.05, 0.1) is 18.4 Å². The molecule has 2 aromatic rings. The van der Waals surface area contributed by atoms with E-state index in [-0.39, 0.29) is 12.4 Å². The van der Waals surface area contributed by atoms with Crippen molar-refractivity contribution in [2.24, 2.45) is 0 Å². The van der Waals surface area contributed by atoms with E-state index in [9.17, 15) is 14.4 Å². The molecule has 0 atom stereocenters. The molecule has 1 N–H and O–H groups in total. The molecule has 0 bridgehead atoms. The number of methoxy groups -OCH3 is 1. The Balaban J connectivity index is 1.75. The summed E-state index contributed by atoms with van der Waals surface area (Å²) in [4.78, 5) is 35.9. The number of nitrogens with one attached hydrogen (secondary N) is 1. The van der Waals surface area contributed by atoms with Gasteiger partial charge in [-0.2, -0.15) is 0 Å². The van der Waals surface area contributed by atoms with Gasteiger partial charge in [-0.3, -0.25) is 9.59 Å². The summed E-state index contributed by atoms with van der Waals surface area (Å²) in [6.07, 6.45) is 0. The summed E-state index contributed by atoms with van der Waals surface area (Å²) < 4.78 is 9.57. The first-order valence-electron chi connectivity index (χ1n) is 7.82. The number of carbonyl (C=O) groups excluding carboxylic acids is 3. The first kappa shape index (κ1) is 19.5. The van der Waals surface area contributed by atoms with Crippen molar-refractivity contribution in [3.8, 4) is 0 Å². The molecule has 2 rings (SSSR count). The van der Waals surface area contributed by atoms with E-state index in [4.69, 9.17) is 4.74 Å². The van der Waals surface area contributed by atoms with Crippen LogP contribution in [0.3, 0.4) is 0 Å². The third-order valence-corrected chi connectivity index (χ3v) is 4.54. The highest BCUT2D eigenvalue weighted by Gasteiger charge is 2.10. The number of hydrogen-bond donors (Lipinski definition) is 1. The van der Waals surface area contributed by atoms with Crippen LogP contribution >= 0.6 is 11.8 Å². The molecule has 7 heteroatoms. The summed E-state index contributed by atoms with van der Waals surface area (Å²) >= 11 is 1.37. The highest BCUT2D eigenvalue weighted by Crippen LogP contribution is 2.21. The normalized spacial score (nSPS) is 10.1. The Morgan fingerprint density at radius 1 is 1.04 bits per heavy atom. The number of aryl methyl sites for hydroxylation is 1. The Morgan fingerprint density at radius 3 is 2.38 bits per heavy atom. The van der Waals surface area contributed by atoms with Crippen LogP contribution in [-0.2, 0) is 19.1 Å². The number of esters is 2. The Bertz CT molecular complexity index is 789. The first-order chi connectivity index (χ1) is 12.5. The lowest BCUT2D eigenvalue weighted by Crippen LogP contribution is -2.21. The molecule has 0 saturated carbocycles. The van der Waals surface area contributed by atoms with Crippen molar-refractivity contribution in [2.45, 2.75) is 11.8 Å². The van der Waals surface area contributed by atoms with Gasteiger partial charge in [0.15, 0.2) is 6.61 Å². The third-order valence-electron chi connectivity index (χ3n) is 3.39. The molecule has 0 unspecified atom stereocenters. The number of amides is 1. The number of benzene rings is 2. The average Bonchev–Trinajstić information content (AvgIpc) is 2.65. The predicted octanol–water partition coefficient (Wildman–Crippen LogP) is 3.06. The quantitative estimate of drug-likeness (QED) is 0.593. The Kier molecular flexibility index (Phi) is 7.23. The van der Waals surface area contributed by atoms with Gasteiger partial charge in [0.2, 0.25) is 0 Å². The standard InChI is InChI=1S/C19H19NO5S/c1-13-5-3-4-6-16(13)26-12-18(22)25-11-17(21)20-15-9-7-14(8-10-15)19(23)24-2/h3-10H,11-12H2,1-2H3,(H,20,21). The van der Waals surface area contributed by atoms with Gasteiger partial charge in [0.25, 0.3) is 5.91 Å². The van der Waals surface area contributed by atoms with Crippen LogP contribution in [0.1, 0.15) is 15.9 Å². The fourth-order valence-corrected chi connectivity index (χ4v) is 2.87. The zero-order chi connectivity index (χ0) is 18.9. The molecule has 0 fully saturated rings. The van der Waals surface area contributed by atoms with Gasteiger partial charge in [-0.25, -0.2) is 4.79 Å². The molecule has 136 valence electrons. The predicted molar refractivity (Wildman–Crippen MR) is 99.3 cm³/mol. The minimum Gasteiger partial charge on any atom is -0.465 e. The summed E-state index contributed by atoms with van der Waals surface area (Å²) in [5, 5.41) is 2.59. The lowest BCUT2D eigenvalue weighted by molar-refractivity contribution is -0.144. The van der Waals surface area contributed by atoms with Crippen LogP contribution in [0.15, 0.2) is 53.4 Å². The van der Waals surface area contributed by atoms with Crippen LogP contribution in [0.25, 0.3) is 0 Å². The van der Waals surface area contributed by atoms with E-state index in [1.165, 1.54) is 31.0 Å². The van der Waals surface area contributed by atoms with Gasteiger partial charge in [-0.1, -0.05) is 18.2 Å². The Morgan fingerprint density at radius 2 is 1.73 bits per heavy atom. The van der Waals surface area contributed by atoms with Gasteiger partial charge >= 0.3 is 11.9 Å². The van der Waals surface area contributed by atoms with Gasteiger partial charge in [-0.15, -0.1) is 11.8 Å². The van der Waals surface area contributed by atoms with Gasteiger partial charge in [0, 0.05) is 10.6 Å². The van der Waals surface area contributed by atoms with E-state index in [0.29, 0.717) is 11.3 Å². The molecule has 26 heavy (non-hydrogen) atoms. The maximum atomic E-state index is 11.8. The van der Waals surface area contributed by atoms with Crippen LogP contribution in [0.5, 0.6) is 0 Å². The van der Waals surface area contributed by atoms with Crippen LogP contribution in [-0.4, -0.2) is 37.3 Å². The molecule has 0 spiro atoms. The highest BCUT2D eigenvalue weighted by atomic mass is 32.2. The molecule has 0 aliphatic carbocycles. The molecular weight excluding hydrogens is 354 g/mol. The molecular formula is C19H19NO5S. The molecule has 1 amide bonds. The Labute approximate surface area is 155 Å². The average molecular weight is 373 g/mol. The van der Waals surface area contributed by atoms with E-state index in [1.54, 1.807) is 12.1 Å². The maximum absolute atomic E-state index is 11.8. The zero-order valence-corrected chi connectivity index (χ0v) is 15.3. The number of rotatable bonds is 7. The van der Waals surface area contributed by atoms with Gasteiger partial charge < -0.3 is 14.8 Å². The van der Waals surface area contributed by atoms with Crippen molar-refractivity contribution in [1.29, 1.82) is 0 Å². The fraction of sp³-hybridized carbons (Fsp3) is 0.211. The second-order valence-corrected chi connectivity index (χ2v) is 6.35. The molecule has 2 aromatic carbocycles. The summed E-state index contributed by atoms with van der Waals surface area (Å²) in [5.41, 5.74) is 1.96. The van der Waals surface area contributed by atoms with Crippen molar-refractivity contribution in [2.75, 3.05) is 24.8 Å². The molecule has 0 radical (unpaired) electrons. The highest BCUT2D eigenvalue weighted by molar-refractivity contribution is 8.00. The van der Waals surface area contributed by atoms with Crippen LogP contribution in [0, 0.1) is 6.92 Å². The van der Waals surface area contributed by atoms with Crippen molar-refractivity contribution in [1.82, 2.24) is 0 Å². The number of carbonyl (C=O) groups is 3. The monoisotopic (exact) mass is 373 g/mol. The summed E-state index contributed by atoms with van der Waals surface area (Å²) in [6.45, 7) is 1.60. The molecule has 0 heterocycles. The minimum atomic E-state index is -0.463. The maximum Gasteiger partial charge on any atom is 0.337 e. The summed E-state index contributed by atoms with van der Waals surface area (Å²) in [5.74, 6) is -1.24. The summed E-state index contributed by atoms with van der Waals surface area (Å²) in [7, 11) is 1.30. The number of ether oxygens (including phenoxy) is 2. The molecule has 0 aromatic heterocycles. The van der Waals surface area contributed by atoms with Crippen molar-refractivity contribution >= 4 is 35.3 Å². The third kappa shape index (κ3) is 5.93. The SMILES string of the molecule is COC(=O)c1ccc(NC(=O)COC(=O)CSc2ccccc2C)cc1. The Hall–Kier alpha value is -2.80. The zero-order valence-electron chi connectivity index (χ0n) is 14.5. The van der Waals surface area contributed by atoms with Crippen molar-refractivity contribution < 1.29 is 23.9 Å². The fourth-order valence-electron chi connectivity index (χ4n) is 2.05. The lowest BCUT2D eigenvalue weighted by Gasteiger charge is -2.08. The van der Waals surface area contributed by atoms with E-state index in [2.05, 4.69) is 10.1 Å².